The first-order valence-corrected chi connectivity index (χ1v) is 10.1. The molecule has 3 fully saturated rings. The topological polar surface area (TPSA) is 63.1 Å². The molecule has 6 nitrogen and oxygen atoms in total. The Labute approximate surface area is 178 Å². The summed E-state index contributed by atoms with van der Waals surface area (Å²) in [6, 6.07) is 2.89. The van der Waals surface area contributed by atoms with Crippen LogP contribution in [0.25, 0.3) is 11.2 Å². The van der Waals surface area contributed by atoms with Crippen LogP contribution in [0.5, 0.6) is 0 Å². The van der Waals surface area contributed by atoms with Gasteiger partial charge in [-0.3, -0.25) is 4.79 Å². The van der Waals surface area contributed by atoms with E-state index in [2.05, 4.69) is 19.9 Å². The average Bonchev–Trinajstić information content (AvgIpc) is 3.20. The van der Waals surface area contributed by atoms with Gasteiger partial charge in [-0.15, -0.1) is 24.8 Å². The van der Waals surface area contributed by atoms with Crippen molar-refractivity contribution in [3.63, 3.8) is 0 Å². The van der Waals surface area contributed by atoms with Crippen molar-refractivity contribution in [2.75, 3.05) is 19.6 Å². The highest BCUT2D eigenvalue weighted by Crippen LogP contribution is 2.31. The molecule has 1 aliphatic carbocycles. The summed E-state index contributed by atoms with van der Waals surface area (Å²) in [5.74, 6) is 0.681. The van der Waals surface area contributed by atoms with E-state index in [1.807, 2.05) is 17.3 Å². The molecule has 0 spiro atoms. The Morgan fingerprint density at radius 1 is 1.04 bits per heavy atom. The van der Waals surface area contributed by atoms with Crippen molar-refractivity contribution in [3.8, 4) is 0 Å². The summed E-state index contributed by atoms with van der Waals surface area (Å²) in [5.41, 5.74) is 2.44. The van der Waals surface area contributed by atoms with E-state index < -0.39 is 0 Å². The Balaban J connectivity index is 0.00000112. The Kier molecular flexibility index (Phi) is 6.84. The molecule has 2 saturated heterocycles. The van der Waals surface area contributed by atoms with Crippen LogP contribution in [-0.2, 0) is 0 Å². The number of likely N-dealkylation sites (tertiary alicyclic amines) is 1. The second-order valence-corrected chi connectivity index (χ2v) is 8.27. The van der Waals surface area contributed by atoms with E-state index in [1.165, 1.54) is 44.9 Å². The predicted molar refractivity (Wildman–Crippen MR) is 115 cm³/mol. The summed E-state index contributed by atoms with van der Waals surface area (Å²) < 4.78 is 2.21. The lowest BCUT2D eigenvalue weighted by atomic mass is 9.99. The van der Waals surface area contributed by atoms with E-state index in [4.69, 9.17) is 0 Å². The van der Waals surface area contributed by atoms with E-state index in [0.29, 0.717) is 23.6 Å². The zero-order valence-corrected chi connectivity index (χ0v) is 17.7. The highest BCUT2D eigenvalue weighted by atomic mass is 35.5. The fourth-order valence-corrected chi connectivity index (χ4v) is 4.99. The summed E-state index contributed by atoms with van der Waals surface area (Å²) in [4.78, 5) is 24.3. The first-order valence-electron chi connectivity index (χ1n) is 10.1. The van der Waals surface area contributed by atoms with Crippen LogP contribution in [-0.4, -0.2) is 51.0 Å². The minimum absolute atomic E-state index is 0. The number of pyridine rings is 1. The molecule has 0 radical (unpaired) electrons. The summed E-state index contributed by atoms with van der Waals surface area (Å²) >= 11 is 0. The molecular weight excluding hydrogens is 397 g/mol. The number of nitrogens with zero attached hydrogens (tertiary/aromatic N) is 4. The fourth-order valence-electron chi connectivity index (χ4n) is 4.99. The third-order valence-electron chi connectivity index (χ3n) is 6.44. The van der Waals surface area contributed by atoms with Gasteiger partial charge in [0.1, 0.15) is 5.52 Å². The molecule has 1 amide bonds. The number of fused-ring (bicyclic) bond motifs is 4. The van der Waals surface area contributed by atoms with Gasteiger partial charge in [-0.2, -0.15) is 0 Å². The molecule has 4 heterocycles. The summed E-state index contributed by atoms with van der Waals surface area (Å²) in [7, 11) is 0. The zero-order chi connectivity index (χ0) is 17.5. The standard InChI is InChI=1S/C20H27N5O.2ClH/c26-20(24-11-14-4-3-5-16(12-24)21-9-14)15-8-18-19(22-10-15)25(13-23-18)17-6-1-2-7-17;;/h8,10,13-14,16-17,21H,1-7,9,11-12H2;2*1H/t14-,16-;;/m0../s1. The Morgan fingerprint density at radius 3 is 2.68 bits per heavy atom. The third kappa shape index (κ3) is 4.00. The minimum Gasteiger partial charge on any atom is -0.337 e. The lowest BCUT2D eigenvalue weighted by Gasteiger charge is -2.28. The van der Waals surface area contributed by atoms with E-state index in [1.54, 1.807) is 6.20 Å². The number of amides is 1. The monoisotopic (exact) mass is 425 g/mol. The van der Waals surface area contributed by atoms with Crippen LogP contribution in [0.15, 0.2) is 18.6 Å². The van der Waals surface area contributed by atoms with Crippen molar-refractivity contribution in [2.45, 2.75) is 57.0 Å². The minimum atomic E-state index is 0. The highest BCUT2D eigenvalue weighted by molar-refractivity contribution is 5.96. The quantitative estimate of drug-likeness (QED) is 0.797. The van der Waals surface area contributed by atoms with E-state index >= 15 is 0 Å². The van der Waals surface area contributed by atoms with Crippen molar-refractivity contribution in [1.82, 2.24) is 24.8 Å². The van der Waals surface area contributed by atoms with Gasteiger partial charge in [0.05, 0.1) is 11.9 Å². The summed E-state index contributed by atoms with van der Waals surface area (Å²) in [6.45, 7) is 2.71. The van der Waals surface area contributed by atoms with Crippen molar-refractivity contribution in [1.29, 1.82) is 0 Å². The molecule has 28 heavy (non-hydrogen) atoms. The number of nitrogens with one attached hydrogen (secondary N) is 1. The maximum absolute atomic E-state index is 13.1. The molecule has 0 unspecified atom stereocenters. The van der Waals surface area contributed by atoms with Gasteiger partial charge in [0.25, 0.3) is 5.91 Å². The first-order chi connectivity index (χ1) is 12.8. The Hall–Kier alpha value is -1.37. The lowest BCUT2D eigenvalue weighted by molar-refractivity contribution is 0.0720. The van der Waals surface area contributed by atoms with Crippen molar-refractivity contribution in [2.24, 2.45) is 5.92 Å². The molecule has 2 atom stereocenters. The first kappa shape index (κ1) is 21.3. The Morgan fingerprint density at radius 2 is 1.86 bits per heavy atom. The molecule has 2 aromatic heterocycles. The van der Waals surface area contributed by atoms with Crippen molar-refractivity contribution in [3.05, 3.63) is 24.2 Å². The fraction of sp³-hybridized carbons (Fsp3) is 0.650. The maximum Gasteiger partial charge on any atom is 0.255 e. The van der Waals surface area contributed by atoms with E-state index in [9.17, 15) is 4.79 Å². The third-order valence-corrected chi connectivity index (χ3v) is 6.44. The summed E-state index contributed by atoms with van der Waals surface area (Å²) in [5, 5.41) is 3.62. The highest BCUT2D eigenvalue weighted by Gasteiger charge is 2.30. The molecule has 1 N–H and O–H groups in total. The number of halogens is 2. The molecule has 5 rings (SSSR count). The number of imidazole rings is 1. The van der Waals surface area contributed by atoms with Gasteiger partial charge >= 0.3 is 0 Å². The number of carbonyl (C=O) groups excluding carboxylic acids is 1. The molecule has 154 valence electrons. The second-order valence-electron chi connectivity index (χ2n) is 8.27. The SMILES string of the molecule is Cl.Cl.O=C(c1cnc2c(c1)ncn2C1CCCC1)N1C[C@H]2CCC[C@@H](C1)NC2. The molecule has 3 aliphatic rings. The van der Waals surface area contributed by atoms with Crippen LogP contribution in [0.3, 0.4) is 0 Å². The van der Waals surface area contributed by atoms with Crippen molar-refractivity contribution >= 4 is 41.9 Å². The number of carbonyl (C=O) groups is 1. The summed E-state index contributed by atoms with van der Waals surface area (Å²) in [6.07, 6.45) is 12.3. The number of aromatic nitrogens is 3. The van der Waals surface area contributed by atoms with E-state index in [-0.39, 0.29) is 30.7 Å². The number of hydrogen-bond donors (Lipinski definition) is 1. The maximum atomic E-state index is 13.1. The predicted octanol–water partition coefficient (Wildman–Crippen LogP) is 3.60. The molecule has 2 aromatic rings. The molecule has 0 aromatic carbocycles. The van der Waals surface area contributed by atoms with Crippen LogP contribution >= 0.6 is 24.8 Å². The lowest BCUT2D eigenvalue weighted by Crippen LogP contribution is -2.41. The largest absolute Gasteiger partial charge is 0.337 e. The average molecular weight is 426 g/mol. The molecule has 8 heteroatoms. The van der Waals surface area contributed by atoms with Gasteiger partial charge in [0.2, 0.25) is 0 Å². The van der Waals surface area contributed by atoms with Gasteiger partial charge in [-0.1, -0.05) is 19.3 Å². The van der Waals surface area contributed by atoms with Crippen LogP contribution in [0.2, 0.25) is 0 Å². The number of hydrogen-bond acceptors (Lipinski definition) is 4. The zero-order valence-electron chi connectivity index (χ0n) is 16.0. The van der Waals surface area contributed by atoms with Gasteiger partial charge in [0.15, 0.2) is 5.65 Å². The van der Waals surface area contributed by atoms with E-state index in [0.717, 1.165) is 30.8 Å². The molecular formula is C20H29Cl2N5O. The van der Waals surface area contributed by atoms with Gasteiger partial charge in [0, 0.05) is 31.4 Å². The normalized spacial score (nSPS) is 25.1. The van der Waals surface area contributed by atoms with Crippen molar-refractivity contribution < 1.29 is 4.79 Å². The van der Waals surface area contributed by atoms with Gasteiger partial charge in [-0.25, -0.2) is 9.97 Å². The second kappa shape index (κ2) is 8.97. The molecule has 2 bridgehead atoms. The van der Waals surface area contributed by atoms with Crippen LogP contribution < -0.4 is 5.32 Å². The van der Waals surface area contributed by atoms with Gasteiger partial charge < -0.3 is 14.8 Å². The smallest absolute Gasteiger partial charge is 0.255 e. The van der Waals surface area contributed by atoms with Crippen LogP contribution in [0, 0.1) is 5.92 Å². The molecule has 1 saturated carbocycles. The van der Waals surface area contributed by atoms with Crippen LogP contribution in [0.1, 0.15) is 61.3 Å². The number of rotatable bonds is 2. The molecule has 2 aliphatic heterocycles. The van der Waals surface area contributed by atoms with Gasteiger partial charge in [-0.05, 0) is 44.2 Å². The Bertz CT molecular complexity index is 806. The van der Waals surface area contributed by atoms with Crippen LogP contribution in [0.4, 0.5) is 0 Å².